The van der Waals surface area contributed by atoms with Crippen molar-refractivity contribution in [3.05, 3.63) is 35.9 Å². The third-order valence-electron chi connectivity index (χ3n) is 6.18. The van der Waals surface area contributed by atoms with E-state index >= 15 is 0 Å². The van der Waals surface area contributed by atoms with Crippen LogP contribution in [-0.2, 0) is 16.0 Å². The Balaban J connectivity index is 0.00000289. The maximum atomic E-state index is 6.12. The Bertz CT molecular complexity index is 893. The normalized spacial score (nSPS) is 19.8. The van der Waals surface area contributed by atoms with Gasteiger partial charge in [0.15, 0.2) is 5.96 Å². The molecule has 0 aliphatic carbocycles. The summed E-state index contributed by atoms with van der Waals surface area (Å²) in [6, 6.07) is 10.5. The Hall–Kier alpha value is -1.65. The second-order valence-corrected chi connectivity index (χ2v) is 8.61. The van der Waals surface area contributed by atoms with E-state index in [9.17, 15) is 0 Å². The summed E-state index contributed by atoms with van der Waals surface area (Å²) in [5, 5.41) is 4.75. The molecular formula is C24H36IN5O2. The van der Waals surface area contributed by atoms with Gasteiger partial charge in [0, 0.05) is 52.8 Å². The van der Waals surface area contributed by atoms with Gasteiger partial charge in [-0.25, -0.2) is 4.98 Å². The van der Waals surface area contributed by atoms with Gasteiger partial charge < -0.3 is 24.6 Å². The first-order chi connectivity index (χ1) is 15.1. The predicted octanol–water partition coefficient (Wildman–Crippen LogP) is 3.65. The molecule has 1 N–H and O–H groups in total. The van der Waals surface area contributed by atoms with Crippen molar-refractivity contribution in [1.29, 1.82) is 0 Å². The molecule has 1 atom stereocenters. The standard InChI is InChI=1S/C24H35N5O2.HI/c1-25-24(29-12-10-19(11-13-29)31-17-20-7-6-14-30-20)26-16-18-15-23(28(2)3)27-22-9-5-4-8-21(18)22;/h4-5,8-9,15,19-20H,6-7,10-14,16-17H2,1-3H3,(H,25,26);1H. The second-order valence-electron chi connectivity index (χ2n) is 8.61. The molecule has 0 spiro atoms. The average molecular weight is 553 g/mol. The van der Waals surface area contributed by atoms with E-state index in [0.29, 0.717) is 18.8 Å². The zero-order chi connectivity index (χ0) is 21.6. The van der Waals surface area contributed by atoms with Gasteiger partial charge in [0.05, 0.1) is 24.3 Å². The smallest absolute Gasteiger partial charge is 0.193 e. The van der Waals surface area contributed by atoms with Crippen LogP contribution in [0.1, 0.15) is 31.2 Å². The van der Waals surface area contributed by atoms with Gasteiger partial charge in [0.2, 0.25) is 0 Å². The molecule has 1 aromatic heterocycles. The molecule has 0 radical (unpaired) electrons. The minimum absolute atomic E-state index is 0. The van der Waals surface area contributed by atoms with Crippen molar-refractivity contribution < 1.29 is 9.47 Å². The van der Waals surface area contributed by atoms with Crippen LogP contribution >= 0.6 is 24.0 Å². The minimum Gasteiger partial charge on any atom is -0.376 e. The number of hydrogen-bond donors (Lipinski definition) is 1. The number of pyridine rings is 1. The number of likely N-dealkylation sites (tertiary alicyclic amines) is 1. The molecule has 2 saturated heterocycles. The monoisotopic (exact) mass is 553 g/mol. The highest BCUT2D eigenvalue weighted by molar-refractivity contribution is 14.0. The number of piperidine rings is 1. The number of ether oxygens (including phenoxy) is 2. The largest absolute Gasteiger partial charge is 0.376 e. The second kappa shape index (κ2) is 12.0. The molecular weight excluding hydrogens is 517 g/mol. The van der Waals surface area contributed by atoms with E-state index in [0.717, 1.165) is 69.3 Å². The molecule has 2 fully saturated rings. The number of nitrogens with zero attached hydrogens (tertiary/aromatic N) is 4. The number of rotatable bonds is 6. The van der Waals surface area contributed by atoms with Crippen molar-refractivity contribution in [2.45, 2.75) is 44.4 Å². The molecule has 0 bridgehead atoms. The van der Waals surface area contributed by atoms with Gasteiger partial charge in [-0.2, -0.15) is 0 Å². The lowest BCUT2D eigenvalue weighted by molar-refractivity contribution is -0.0367. The fourth-order valence-corrected chi connectivity index (χ4v) is 4.37. The first kappa shape index (κ1) is 25.0. The van der Waals surface area contributed by atoms with Crippen molar-refractivity contribution in [1.82, 2.24) is 15.2 Å². The third kappa shape index (κ3) is 6.23. The number of para-hydroxylation sites is 1. The van der Waals surface area contributed by atoms with Crippen molar-refractivity contribution >= 4 is 46.7 Å². The molecule has 32 heavy (non-hydrogen) atoms. The lowest BCUT2D eigenvalue weighted by atomic mass is 10.1. The van der Waals surface area contributed by atoms with Gasteiger partial charge in [-0.3, -0.25) is 4.99 Å². The van der Waals surface area contributed by atoms with Crippen LogP contribution < -0.4 is 10.2 Å². The summed E-state index contributed by atoms with van der Waals surface area (Å²) in [4.78, 5) is 13.7. The van der Waals surface area contributed by atoms with E-state index in [2.05, 4.69) is 39.5 Å². The average Bonchev–Trinajstić information content (AvgIpc) is 3.32. The Morgan fingerprint density at radius 1 is 1.25 bits per heavy atom. The molecule has 3 heterocycles. The van der Waals surface area contributed by atoms with Crippen LogP contribution in [0.4, 0.5) is 5.82 Å². The van der Waals surface area contributed by atoms with E-state index in [1.165, 1.54) is 10.9 Å². The van der Waals surface area contributed by atoms with Gasteiger partial charge in [-0.05, 0) is 43.4 Å². The quantitative estimate of drug-likeness (QED) is 0.335. The summed E-state index contributed by atoms with van der Waals surface area (Å²) in [5.41, 5.74) is 2.25. The number of guanidine groups is 1. The lowest BCUT2D eigenvalue weighted by Gasteiger charge is -2.34. The van der Waals surface area contributed by atoms with E-state index in [1.807, 2.05) is 32.1 Å². The Morgan fingerprint density at radius 2 is 2.03 bits per heavy atom. The SMILES string of the molecule is CN=C(NCc1cc(N(C)C)nc2ccccc12)N1CCC(OCC2CCCO2)CC1.I. The molecule has 2 aromatic rings. The number of aromatic nitrogens is 1. The molecule has 2 aliphatic rings. The summed E-state index contributed by atoms with van der Waals surface area (Å²) >= 11 is 0. The van der Waals surface area contributed by atoms with Crippen LogP contribution in [0.2, 0.25) is 0 Å². The van der Waals surface area contributed by atoms with Crippen LogP contribution in [-0.4, -0.2) is 75.5 Å². The van der Waals surface area contributed by atoms with E-state index < -0.39 is 0 Å². The first-order valence-electron chi connectivity index (χ1n) is 11.4. The molecule has 0 amide bonds. The number of halogens is 1. The molecule has 1 aromatic carbocycles. The molecule has 1 unspecified atom stereocenters. The topological polar surface area (TPSA) is 62.2 Å². The molecule has 0 saturated carbocycles. The lowest BCUT2D eigenvalue weighted by Crippen LogP contribution is -2.47. The van der Waals surface area contributed by atoms with Crippen LogP contribution in [0.25, 0.3) is 10.9 Å². The number of benzene rings is 1. The molecule has 8 heteroatoms. The van der Waals surface area contributed by atoms with Gasteiger partial charge in [0.1, 0.15) is 5.82 Å². The van der Waals surface area contributed by atoms with Crippen LogP contribution in [0, 0.1) is 0 Å². The fourth-order valence-electron chi connectivity index (χ4n) is 4.37. The number of nitrogens with one attached hydrogen (secondary N) is 1. The van der Waals surface area contributed by atoms with Gasteiger partial charge in [-0.1, -0.05) is 18.2 Å². The van der Waals surface area contributed by atoms with Gasteiger partial charge in [0.25, 0.3) is 0 Å². The zero-order valence-corrected chi connectivity index (χ0v) is 21.7. The number of hydrogen-bond acceptors (Lipinski definition) is 5. The van der Waals surface area contributed by atoms with Crippen molar-refractivity contribution in [3.8, 4) is 0 Å². The van der Waals surface area contributed by atoms with Crippen LogP contribution in [0.3, 0.4) is 0 Å². The summed E-state index contributed by atoms with van der Waals surface area (Å²) in [7, 11) is 5.91. The molecule has 2 aliphatic heterocycles. The van der Waals surface area contributed by atoms with Gasteiger partial charge >= 0.3 is 0 Å². The zero-order valence-electron chi connectivity index (χ0n) is 19.4. The highest BCUT2D eigenvalue weighted by Crippen LogP contribution is 2.22. The maximum Gasteiger partial charge on any atom is 0.193 e. The Labute approximate surface area is 208 Å². The fraction of sp³-hybridized carbons (Fsp3) is 0.583. The van der Waals surface area contributed by atoms with Gasteiger partial charge in [-0.15, -0.1) is 24.0 Å². The number of aliphatic imine (C=N–C) groups is 1. The summed E-state index contributed by atoms with van der Waals surface area (Å²) < 4.78 is 11.8. The first-order valence-corrected chi connectivity index (χ1v) is 11.4. The highest BCUT2D eigenvalue weighted by atomic mass is 127. The third-order valence-corrected chi connectivity index (χ3v) is 6.18. The van der Waals surface area contributed by atoms with Crippen molar-refractivity contribution in [3.63, 3.8) is 0 Å². The molecule has 176 valence electrons. The van der Waals surface area contributed by atoms with Crippen LogP contribution in [0.5, 0.6) is 0 Å². The molecule has 4 rings (SSSR count). The van der Waals surface area contributed by atoms with E-state index in [4.69, 9.17) is 14.5 Å². The van der Waals surface area contributed by atoms with E-state index in [-0.39, 0.29) is 24.0 Å². The maximum absolute atomic E-state index is 6.12. The Kier molecular flexibility index (Phi) is 9.36. The minimum atomic E-state index is 0. The Morgan fingerprint density at radius 3 is 2.72 bits per heavy atom. The number of anilines is 1. The van der Waals surface area contributed by atoms with Crippen LogP contribution in [0.15, 0.2) is 35.3 Å². The summed E-state index contributed by atoms with van der Waals surface area (Å²) in [6.45, 7) is 4.25. The summed E-state index contributed by atoms with van der Waals surface area (Å²) in [6.07, 6.45) is 4.97. The molecule has 7 nitrogen and oxygen atoms in total. The predicted molar refractivity (Wildman–Crippen MR) is 141 cm³/mol. The highest BCUT2D eigenvalue weighted by Gasteiger charge is 2.24. The summed E-state index contributed by atoms with van der Waals surface area (Å²) in [5.74, 6) is 1.92. The van der Waals surface area contributed by atoms with Crippen molar-refractivity contribution in [2.75, 3.05) is 52.3 Å². The van der Waals surface area contributed by atoms with Crippen molar-refractivity contribution in [2.24, 2.45) is 4.99 Å². The van der Waals surface area contributed by atoms with E-state index in [1.54, 1.807) is 0 Å². The number of fused-ring (bicyclic) bond motifs is 1.